The molecule has 0 aliphatic heterocycles. The fourth-order valence-corrected chi connectivity index (χ4v) is 3.41. The van der Waals surface area contributed by atoms with Gasteiger partial charge in [0, 0.05) is 24.2 Å². The van der Waals surface area contributed by atoms with Gasteiger partial charge in [0.25, 0.3) is 5.69 Å². The molecule has 0 bridgehead atoms. The Morgan fingerprint density at radius 3 is 2.29 bits per heavy atom. The van der Waals surface area contributed by atoms with Gasteiger partial charge in [-0.3, -0.25) is 10.1 Å². The molecule has 0 heterocycles. The van der Waals surface area contributed by atoms with Crippen LogP contribution in [0.3, 0.4) is 0 Å². The molecule has 31 heavy (non-hydrogen) atoms. The lowest BCUT2D eigenvalue weighted by Gasteiger charge is -2.24. The summed E-state index contributed by atoms with van der Waals surface area (Å²) in [5.74, 6) is 1.13. The fraction of sp³-hybridized carbons (Fsp3) is 0.250. The molecule has 162 valence electrons. The van der Waals surface area contributed by atoms with Crippen LogP contribution >= 0.6 is 0 Å². The zero-order valence-electron chi connectivity index (χ0n) is 17.7. The summed E-state index contributed by atoms with van der Waals surface area (Å²) in [4.78, 5) is 10.7. The number of nitro groups is 1. The van der Waals surface area contributed by atoms with Crippen molar-refractivity contribution in [2.75, 3.05) is 19.5 Å². The van der Waals surface area contributed by atoms with E-state index in [1.807, 2.05) is 31.2 Å². The molecule has 2 atom stereocenters. The molecule has 7 nitrogen and oxygen atoms in total. The lowest BCUT2D eigenvalue weighted by atomic mass is 9.95. The number of nitrogens with one attached hydrogen (secondary N) is 1. The number of aliphatic hydroxyl groups is 1. The molecule has 7 heteroatoms. The smallest absolute Gasteiger partial charge is 0.271 e. The number of rotatable bonds is 9. The van der Waals surface area contributed by atoms with Gasteiger partial charge in [-0.1, -0.05) is 42.0 Å². The number of non-ortho nitro benzene ring substituents is 1. The van der Waals surface area contributed by atoms with Gasteiger partial charge in [-0.15, -0.1) is 0 Å². The summed E-state index contributed by atoms with van der Waals surface area (Å²) in [6, 6.07) is 19.4. The lowest BCUT2D eigenvalue weighted by molar-refractivity contribution is -0.384. The Bertz CT molecular complexity index is 1040. The maximum absolute atomic E-state index is 11.1. The summed E-state index contributed by atoms with van der Waals surface area (Å²) in [5.41, 5.74) is 3.40. The second-order valence-electron chi connectivity index (χ2n) is 7.28. The highest BCUT2D eigenvalue weighted by Gasteiger charge is 2.20. The maximum Gasteiger partial charge on any atom is 0.271 e. The Balaban J connectivity index is 1.88. The summed E-state index contributed by atoms with van der Waals surface area (Å²) in [6.07, 6.45) is -0.446. The van der Waals surface area contributed by atoms with Crippen molar-refractivity contribution in [1.82, 2.24) is 0 Å². The number of hydrogen-bond donors (Lipinski definition) is 2. The molecule has 3 aromatic rings. The van der Waals surface area contributed by atoms with Crippen LogP contribution < -0.4 is 14.8 Å². The van der Waals surface area contributed by atoms with Crippen LogP contribution in [0.15, 0.2) is 66.7 Å². The van der Waals surface area contributed by atoms with Crippen LogP contribution in [0.5, 0.6) is 11.5 Å². The standard InChI is InChI=1S/C24H26N2O5/c1-16-7-9-17(10-8-16)21(25-19-5-4-6-20(14-19)26(28)29)15-22(27)18-11-12-23(30-2)24(13-18)31-3/h4-14,21-22,25,27H,15H2,1-3H3. The lowest BCUT2D eigenvalue weighted by Crippen LogP contribution is -2.15. The second kappa shape index (κ2) is 9.95. The number of nitrogens with zero attached hydrogens (tertiary/aromatic N) is 1. The topological polar surface area (TPSA) is 93.9 Å². The van der Waals surface area contributed by atoms with Crippen molar-refractivity contribution in [2.45, 2.75) is 25.5 Å². The first-order valence-corrected chi connectivity index (χ1v) is 9.88. The summed E-state index contributed by atoms with van der Waals surface area (Å²) >= 11 is 0. The number of ether oxygens (including phenoxy) is 2. The van der Waals surface area contributed by atoms with Crippen molar-refractivity contribution >= 4 is 11.4 Å². The number of aryl methyl sites for hydroxylation is 1. The monoisotopic (exact) mass is 422 g/mol. The van der Waals surface area contributed by atoms with Crippen molar-refractivity contribution < 1.29 is 19.5 Å². The van der Waals surface area contributed by atoms with E-state index in [-0.39, 0.29) is 11.7 Å². The number of aliphatic hydroxyl groups excluding tert-OH is 1. The van der Waals surface area contributed by atoms with Gasteiger partial charge < -0.3 is 19.9 Å². The Labute approximate surface area is 181 Å². The van der Waals surface area contributed by atoms with Crippen LogP contribution in [-0.4, -0.2) is 24.2 Å². The number of benzene rings is 3. The molecule has 2 N–H and O–H groups in total. The quantitative estimate of drug-likeness (QED) is 0.364. The minimum absolute atomic E-state index is 0.00750. The highest BCUT2D eigenvalue weighted by atomic mass is 16.6. The van der Waals surface area contributed by atoms with E-state index in [0.29, 0.717) is 29.2 Å². The molecule has 2 unspecified atom stereocenters. The van der Waals surface area contributed by atoms with Gasteiger partial charge in [0.15, 0.2) is 11.5 Å². The number of hydrogen-bond acceptors (Lipinski definition) is 6. The molecular formula is C24H26N2O5. The van der Waals surface area contributed by atoms with Gasteiger partial charge in [0.2, 0.25) is 0 Å². The van der Waals surface area contributed by atoms with Crippen molar-refractivity contribution in [2.24, 2.45) is 0 Å². The molecule has 0 saturated carbocycles. The second-order valence-corrected chi connectivity index (χ2v) is 7.28. The van der Waals surface area contributed by atoms with E-state index >= 15 is 0 Å². The van der Waals surface area contributed by atoms with Crippen molar-refractivity contribution in [1.29, 1.82) is 0 Å². The highest BCUT2D eigenvalue weighted by Crippen LogP contribution is 2.35. The SMILES string of the molecule is COc1ccc(C(O)CC(Nc2cccc([N+](=O)[O-])c2)c2ccc(C)cc2)cc1OC. The normalized spacial score (nSPS) is 12.6. The molecule has 0 aromatic heterocycles. The van der Waals surface area contributed by atoms with E-state index in [9.17, 15) is 15.2 Å². The van der Waals surface area contributed by atoms with Crippen molar-refractivity contribution in [3.63, 3.8) is 0 Å². The van der Waals surface area contributed by atoms with Gasteiger partial charge in [0.05, 0.1) is 31.3 Å². The minimum atomic E-state index is -0.794. The first-order valence-electron chi connectivity index (χ1n) is 9.88. The summed E-state index contributed by atoms with van der Waals surface area (Å²) < 4.78 is 10.6. The third kappa shape index (κ3) is 5.52. The van der Waals surface area contributed by atoms with E-state index in [4.69, 9.17) is 9.47 Å². The third-order valence-corrected chi connectivity index (χ3v) is 5.13. The van der Waals surface area contributed by atoms with E-state index in [0.717, 1.165) is 11.1 Å². The number of methoxy groups -OCH3 is 2. The minimum Gasteiger partial charge on any atom is -0.493 e. The Morgan fingerprint density at radius 2 is 1.65 bits per heavy atom. The van der Waals surface area contributed by atoms with Crippen LogP contribution in [0.2, 0.25) is 0 Å². The molecule has 0 amide bonds. The molecule has 0 aliphatic rings. The van der Waals surface area contributed by atoms with Crippen molar-refractivity contribution in [3.05, 3.63) is 93.5 Å². The summed E-state index contributed by atoms with van der Waals surface area (Å²) in [6.45, 7) is 2.01. The Kier molecular flexibility index (Phi) is 7.10. The van der Waals surface area contributed by atoms with Crippen molar-refractivity contribution in [3.8, 4) is 11.5 Å². The Morgan fingerprint density at radius 1 is 0.968 bits per heavy atom. The van der Waals surface area contributed by atoms with Crippen LogP contribution in [0, 0.1) is 17.0 Å². The fourth-order valence-electron chi connectivity index (χ4n) is 3.41. The predicted molar refractivity (Wildman–Crippen MR) is 120 cm³/mol. The van der Waals surface area contributed by atoms with Gasteiger partial charge in [-0.05, 0) is 36.2 Å². The highest BCUT2D eigenvalue weighted by molar-refractivity contribution is 5.52. The zero-order valence-corrected chi connectivity index (χ0v) is 17.7. The molecule has 3 rings (SSSR count). The van der Waals surface area contributed by atoms with E-state index in [2.05, 4.69) is 5.32 Å². The average Bonchev–Trinajstić information content (AvgIpc) is 2.78. The first kappa shape index (κ1) is 22.1. The molecule has 0 spiro atoms. The van der Waals surface area contributed by atoms with Crippen LogP contribution in [0.4, 0.5) is 11.4 Å². The largest absolute Gasteiger partial charge is 0.493 e. The zero-order chi connectivity index (χ0) is 22.4. The molecule has 0 aliphatic carbocycles. The van der Waals surface area contributed by atoms with Crippen LogP contribution in [-0.2, 0) is 0 Å². The van der Waals surface area contributed by atoms with Gasteiger partial charge >= 0.3 is 0 Å². The molecule has 0 saturated heterocycles. The first-order chi connectivity index (χ1) is 14.9. The number of nitro benzene ring substituents is 1. The van der Waals surface area contributed by atoms with Gasteiger partial charge in [0.1, 0.15) is 0 Å². The maximum atomic E-state index is 11.1. The molecular weight excluding hydrogens is 396 g/mol. The Hall–Kier alpha value is -3.58. The third-order valence-electron chi connectivity index (χ3n) is 5.13. The molecule has 0 fully saturated rings. The summed E-state index contributed by atoms with van der Waals surface area (Å²) in [7, 11) is 3.11. The summed E-state index contributed by atoms with van der Waals surface area (Å²) in [5, 5.41) is 25.4. The predicted octanol–water partition coefficient (Wildman–Crippen LogP) is 5.20. The van der Waals surface area contributed by atoms with E-state index < -0.39 is 11.0 Å². The van der Waals surface area contributed by atoms with Gasteiger partial charge in [-0.2, -0.15) is 0 Å². The molecule has 3 aromatic carbocycles. The van der Waals surface area contributed by atoms with Crippen LogP contribution in [0.1, 0.15) is 35.3 Å². The molecule has 0 radical (unpaired) electrons. The number of anilines is 1. The van der Waals surface area contributed by atoms with Crippen LogP contribution in [0.25, 0.3) is 0 Å². The average molecular weight is 422 g/mol. The van der Waals surface area contributed by atoms with E-state index in [1.54, 1.807) is 44.6 Å². The van der Waals surface area contributed by atoms with Gasteiger partial charge in [-0.25, -0.2) is 0 Å². The van der Waals surface area contributed by atoms with E-state index in [1.165, 1.54) is 12.1 Å².